The second kappa shape index (κ2) is 14.0. The number of nitrogens with zero attached hydrogens (tertiary/aromatic N) is 4. The lowest BCUT2D eigenvalue weighted by Gasteiger charge is -2.42. The summed E-state index contributed by atoms with van der Waals surface area (Å²) in [4.78, 5) is 48.8. The van der Waals surface area contributed by atoms with E-state index in [0.717, 1.165) is 55.1 Å². The van der Waals surface area contributed by atoms with Gasteiger partial charge >= 0.3 is 6.03 Å². The molecule has 1 atom stereocenters. The number of carbonyl (C=O) groups excluding carboxylic acids is 3. The Bertz CT molecular complexity index is 1450. The first-order valence-corrected chi connectivity index (χ1v) is 17.3. The van der Waals surface area contributed by atoms with Crippen molar-refractivity contribution in [1.29, 1.82) is 0 Å². The van der Waals surface area contributed by atoms with Gasteiger partial charge in [-0.25, -0.2) is 4.79 Å². The van der Waals surface area contributed by atoms with Gasteiger partial charge in [-0.15, -0.1) is 17.8 Å². The number of hydrogen-bond acceptors (Lipinski definition) is 7. The van der Waals surface area contributed by atoms with Crippen LogP contribution in [0, 0.1) is 18.3 Å². The number of piperazine rings is 1. The predicted molar refractivity (Wildman–Crippen MR) is 178 cm³/mol. The molecule has 3 saturated heterocycles. The van der Waals surface area contributed by atoms with Crippen LogP contribution in [0.4, 0.5) is 15.5 Å². The van der Waals surface area contributed by atoms with E-state index in [1.54, 1.807) is 23.5 Å². The van der Waals surface area contributed by atoms with E-state index in [9.17, 15) is 14.4 Å². The lowest BCUT2D eigenvalue weighted by Crippen LogP contribution is -2.55. The molecule has 240 valence electrons. The number of rotatable bonds is 7. The van der Waals surface area contributed by atoms with Crippen molar-refractivity contribution in [2.45, 2.75) is 57.2 Å². The Morgan fingerprint density at radius 2 is 1.78 bits per heavy atom. The highest BCUT2D eigenvalue weighted by molar-refractivity contribution is 7.14. The molecule has 0 saturated carbocycles. The Hall–Kier alpha value is -3.30. The number of benzene rings is 1. The third-order valence-corrected chi connectivity index (χ3v) is 11.1. The van der Waals surface area contributed by atoms with E-state index in [1.165, 1.54) is 0 Å². The lowest BCUT2D eigenvalue weighted by atomic mass is 9.92. The van der Waals surface area contributed by atoms with Crippen molar-refractivity contribution in [2.24, 2.45) is 5.92 Å². The van der Waals surface area contributed by atoms with E-state index < -0.39 is 5.92 Å². The molecule has 0 aliphatic carbocycles. The molecule has 0 spiro atoms. The molecule has 0 unspecified atom stereocenters. The summed E-state index contributed by atoms with van der Waals surface area (Å²) in [5, 5.41) is 9.69. The zero-order chi connectivity index (χ0) is 31.5. The fourth-order valence-corrected chi connectivity index (χ4v) is 8.28. The average molecular weight is 652 g/mol. The van der Waals surface area contributed by atoms with Crippen molar-refractivity contribution in [3.8, 4) is 12.3 Å². The van der Waals surface area contributed by atoms with Gasteiger partial charge in [-0.1, -0.05) is 17.5 Å². The molecule has 2 aromatic rings. The van der Waals surface area contributed by atoms with Crippen LogP contribution in [0.1, 0.15) is 48.8 Å². The standard InChI is InChI=1S/C33H42ClN7O3S/c1-2-23-17-22(19-28(34)30(23)35)18-25(32(43)40-14-12-38(13-15-40)26-3-8-36-9-4-26)20-29(42)39-10-5-27(6-11-39)41-21-24-7-16-45-31(24)37-33(41)44/h1,7,16-17,19,25-27,36H,3-6,8-15,18,20-21,35H2,(H,37,44)/t25-/m0/s1. The van der Waals surface area contributed by atoms with Crippen molar-refractivity contribution >= 4 is 51.5 Å². The van der Waals surface area contributed by atoms with Gasteiger partial charge in [-0.2, -0.15) is 0 Å². The van der Waals surface area contributed by atoms with Crippen molar-refractivity contribution in [3.05, 3.63) is 45.3 Å². The second-order valence-corrected chi connectivity index (χ2v) is 13.9. The van der Waals surface area contributed by atoms with Crippen molar-refractivity contribution < 1.29 is 14.4 Å². The van der Waals surface area contributed by atoms with Gasteiger partial charge in [0.15, 0.2) is 0 Å². The molecule has 6 rings (SSSR count). The van der Waals surface area contributed by atoms with Crippen LogP contribution < -0.4 is 16.4 Å². The molecule has 3 fully saturated rings. The molecule has 1 aromatic carbocycles. The van der Waals surface area contributed by atoms with Crippen molar-refractivity contribution in [2.75, 3.05) is 63.4 Å². The molecular weight excluding hydrogens is 610 g/mol. The van der Waals surface area contributed by atoms with E-state index in [-0.39, 0.29) is 30.3 Å². The van der Waals surface area contributed by atoms with E-state index >= 15 is 0 Å². The number of fused-ring (bicyclic) bond motifs is 1. The maximum Gasteiger partial charge on any atom is 0.323 e. The largest absolute Gasteiger partial charge is 0.397 e. The fourth-order valence-electron chi connectivity index (χ4n) is 7.24. The highest BCUT2D eigenvalue weighted by atomic mass is 35.5. The molecule has 4 amide bonds. The number of hydrogen-bond donors (Lipinski definition) is 3. The summed E-state index contributed by atoms with van der Waals surface area (Å²) in [5.41, 5.74) is 8.83. The molecule has 0 radical (unpaired) electrons. The quantitative estimate of drug-likeness (QED) is 0.312. The van der Waals surface area contributed by atoms with Crippen LogP contribution in [0.25, 0.3) is 0 Å². The number of carbonyl (C=O) groups is 3. The van der Waals surface area contributed by atoms with Crippen LogP contribution in [-0.4, -0.2) is 102 Å². The Labute approximate surface area is 274 Å². The smallest absolute Gasteiger partial charge is 0.323 e. The number of amides is 4. The number of terminal acetylenes is 1. The monoisotopic (exact) mass is 651 g/mol. The highest BCUT2D eigenvalue weighted by Gasteiger charge is 2.36. The van der Waals surface area contributed by atoms with E-state index in [1.807, 2.05) is 20.1 Å². The minimum atomic E-state index is -0.546. The molecule has 0 bridgehead atoms. The van der Waals surface area contributed by atoms with Gasteiger partial charge in [0.05, 0.1) is 23.2 Å². The number of urea groups is 1. The average Bonchev–Trinajstić information content (AvgIpc) is 3.53. The van der Waals surface area contributed by atoms with Gasteiger partial charge in [-0.05, 0) is 74.3 Å². The molecule has 1 aromatic heterocycles. The van der Waals surface area contributed by atoms with Crippen LogP contribution in [0.5, 0.6) is 0 Å². The Balaban J connectivity index is 1.11. The van der Waals surface area contributed by atoms with Crippen LogP contribution in [0.2, 0.25) is 5.02 Å². The normalized spacial score (nSPS) is 20.8. The maximum absolute atomic E-state index is 14.1. The molecule has 45 heavy (non-hydrogen) atoms. The third-order valence-electron chi connectivity index (χ3n) is 9.87. The topological polar surface area (TPSA) is 114 Å². The van der Waals surface area contributed by atoms with Crippen LogP contribution in [-0.2, 0) is 22.6 Å². The first-order chi connectivity index (χ1) is 21.8. The Morgan fingerprint density at radius 3 is 2.49 bits per heavy atom. The van der Waals surface area contributed by atoms with Gasteiger partial charge in [0.25, 0.3) is 0 Å². The number of piperidine rings is 2. The summed E-state index contributed by atoms with van der Waals surface area (Å²) in [6, 6.07) is 6.16. The number of thiophene rings is 1. The Kier molecular flexibility index (Phi) is 9.85. The number of nitrogen functional groups attached to an aromatic ring is 1. The number of halogens is 1. The fraction of sp³-hybridized carbons (Fsp3) is 0.545. The van der Waals surface area contributed by atoms with Crippen LogP contribution >= 0.6 is 22.9 Å². The second-order valence-electron chi connectivity index (χ2n) is 12.6. The molecule has 12 heteroatoms. The molecule has 5 heterocycles. The maximum atomic E-state index is 14.1. The Morgan fingerprint density at radius 1 is 1.04 bits per heavy atom. The molecule has 4 N–H and O–H groups in total. The summed E-state index contributed by atoms with van der Waals surface area (Å²) < 4.78 is 0. The highest BCUT2D eigenvalue weighted by Crippen LogP contribution is 2.32. The van der Waals surface area contributed by atoms with Crippen LogP contribution in [0.15, 0.2) is 23.6 Å². The van der Waals surface area contributed by atoms with E-state index in [0.29, 0.717) is 74.3 Å². The summed E-state index contributed by atoms with van der Waals surface area (Å²) in [6.45, 7) is 6.76. The molecule has 10 nitrogen and oxygen atoms in total. The molecular formula is C33H42ClN7O3S. The molecule has 4 aliphatic heterocycles. The third kappa shape index (κ3) is 7.09. The zero-order valence-electron chi connectivity index (χ0n) is 25.6. The van der Waals surface area contributed by atoms with Gasteiger partial charge in [-0.3, -0.25) is 19.8 Å². The van der Waals surface area contributed by atoms with Gasteiger partial charge in [0.1, 0.15) is 5.00 Å². The van der Waals surface area contributed by atoms with Gasteiger partial charge in [0.2, 0.25) is 11.8 Å². The first kappa shape index (κ1) is 31.7. The predicted octanol–water partition coefficient (Wildman–Crippen LogP) is 3.45. The first-order valence-electron chi connectivity index (χ1n) is 16.0. The summed E-state index contributed by atoms with van der Waals surface area (Å²) in [6.07, 6.45) is 9.81. The van der Waals surface area contributed by atoms with Crippen molar-refractivity contribution in [3.63, 3.8) is 0 Å². The van der Waals surface area contributed by atoms with Crippen molar-refractivity contribution in [1.82, 2.24) is 24.9 Å². The van der Waals surface area contributed by atoms with Crippen LogP contribution in [0.3, 0.4) is 0 Å². The van der Waals surface area contributed by atoms with Gasteiger partial charge in [0, 0.05) is 68.9 Å². The van der Waals surface area contributed by atoms with E-state index in [4.69, 9.17) is 23.8 Å². The minimum absolute atomic E-state index is 0.00467. The number of anilines is 2. The number of nitrogens with one attached hydrogen (secondary N) is 2. The SMILES string of the molecule is C#Cc1cc(C[C@@H](CC(=O)N2CCC(N3Cc4ccsc4NC3=O)CC2)C(=O)N2CCN(C3CCNCC3)CC2)cc(Cl)c1N. The number of likely N-dealkylation sites (tertiary alicyclic amines) is 1. The zero-order valence-corrected chi connectivity index (χ0v) is 27.2. The lowest BCUT2D eigenvalue weighted by molar-refractivity contribution is -0.143. The molecule has 4 aliphatic rings. The summed E-state index contributed by atoms with van der Waals surface area (Å²) in [5.74, 6) is 2.00. The summed E-state index contributed by atoms with van der Waals surface area (Å²) in [7, 11) is 0. The van der Waals surface area contributed by atoms with E-state index in [2.05, 4.69) is 27.5 Å². The van der Waals surface area contributed by atoms with Gasteiger partial charge < -0.3 is 25.8 Å². The minimum Gasteiger partial charge on any atom is -0.397 e. The number of nitrogens with two attached hydrogens (primary N) is 1. The summed E-state index contributed by atoms with van der Waals surface area (Å²) >= 11 is 7.94.